The highest BCUT2D eigenvalue weighted by atomic mass is 28.4. The van der Waals surface area contributed by atoms with E-state index in [1.165, 1.54) is 6.08 Å². The average Bonchev–Trinajstić information content (AvgIpc) is 2.09. The number of aliphatic imine (C=N–C) groups is 1. The first kappa shape index (κ1) is 17.2. The lowest BCUT2D eigenvalue weighted by Gasteiger charge is -2.40. The molecule has 0 saturated heterocycles. The van der Waals surface area contributed by atoms with Crippen LogP contribution in [0.3, 0.4) is 0 Å². The summed E-state index contributed by atoms with van der Waals surface area (Å²) in [6, 6.07) is 0. The molecule has 1 N–H and O–H groups in total. The largest absolute Gasteiger partial charge is 0.533 e. The monoisotopic (exact) mass is 326 g/mol. The van der Waals surface area contributed by atoms with E-state index in [4.69, 9.17) is 8.85 Å². The number of hydrogen-bond donors (Lipinski definition) is 1. The molecule has 0 radical (unpaired) electrons. The molecule has 0 aromatic carbocycles. The fourth-order valence-corrected chi connectivity index (χ4v) is 3.42. The summed E-state index contributed by atoms with van der Waals surface area (Å²) >= 11 is 0. The molecular formula is C11H21F3N2O2Si2. The molecule has 1 unspecified atom stereocenters. The second-order valence-electron chi connectivity index (χ2n) is 6.50. The number of nitrogens with one attached hydrogen (secondary N) is 1. The Labute approximate surface area is 119 Å². The van der Waals surface area contributed by atoms with Crippen LogP contribution in [0.1, 0.15) is 0 Å². The molecule has 20 heavy (non-hydrogen) atoms. The van der Waals surface area contributed by atoms with Gasteiger partial charge in [-0.1, -0.05) is 0 Å². The zero-order valence-corrected chi connectivity index (χ0v) is 14.6. The quantitative estimate of drug-likeness (QED) is 0.805. The molecule has 1 aliphatic heterocycles. The molecule has 1 rings (SSSR count). The predicted octanol–water partition coefficient (Wildman–Crippen LogP) is 3.42. The van der Waals surface area contributed by atoms with E-state index in [9.17, 15) is 13.2 Å². The number of allylic oxidation sites excluding steroid dienone is 1. The highest BCUT2D eigenvalue weighted by Gasteiger charge is 2.60. The Kier molecular flexibility index (Phi) is 4.47. The Bertz CT molecular complexity index is 425. The maximum atomic E-state index is 13.4. The van der Waals surface area contributed by atoms with Crippen LogP contribution in [0.4, 0.5) is 13.2 Å². The number of halogens is 3. The van der Waals surface area contributed by atoms with Gasteiger partial charge in [0.2, 0.25) is 8.32 Å². The maximum Gasteiger partial charge on any atom is 0.459 e. The van der Waals surface area contributed by atoms with Crippen LogP contribution < -0.4 is 5.32 Å². The summed E-state index contributed by atoms with van der Waals surface area (Å²) in [4.78, 5) is 3.51. The van der Waals surface area contributed by atoms with Gasteiger partial charge >= 0.3 is 12.0 Å². The summed E-state index contributed by atoms with van der Waals surface area (Å²) in [7, 11) is -4.51. The van der Waals surface area contributed by atoms with Crippen LogP contribution in [0, 0.1) is 0 Å². The molecule has 0 aromatic heterocycles. The molecule has 0 bridgehead atoms. The Morgan fingerprint density at radius 3 is 2.05 bits per heavy atom. The van der Waals surface area contributed by atoms with Crippen LogP contribution in [0.15, 0.2) is 17.0 Å². The van der Waals surface area contributed by atoms with Crippen molar-refractivity contribution in [2.45, 2.75) is 51.3 Å². The number of hydrogen-bond acceptors (Lipinski definition) is 4. The standard InChI is InChI=1S/C11H21F3N2O2Si2/c1-19(2,3)17-9-7-8-15-11(16-9,10(12,13)14)18-20(4,5)6/h7-8,16H,1-6H3. The van der Waals surface area contributed by atoms with E-state index < -0.39 is 28.7 Å². The lowest BCUT2D eigenvalue weighted by Crippen LogP contribution is -2.62. The summed E-state index contributed by atoms with van der Waals surface area (Å²) in [6.45, 7) is 10.7. The van der Waals surface area contributed by atoms with Gasteiger partial charge in [0.05, 0.1) is 0 Å². The van der Waals surface area contributed by atoms with Crippen LogP contribution in [0.5, 0.6) is 0 Å². The minimum atomic E-state index is -4.67. The maximum absolute atomic E-state index is 13.4. The molecule has 0 spiro atoms. The van der Waals surface area contributed by atoms with Gasteiger partial charge in [0.25, 0.3) is 0 Å². The molecule has 4 nitrogen and oxygen atoms in total. The third-order valence-electron chi connectivity index (χ3n) is 2.03. The molecule has 0 fully saturated rings. The predicted molar refractivity (Wildman–Crippen MR) is 77.4 cm³/mol. The molecule has 0 aromatic rings. The Morgan fingerprint density at radius 2 is 1.65 bits per heavy atom. The molecule has 9 heteroatoms. The fourth-order valence-electron chi connectivity index (χ4n) is 1.54. The molecule has 116 valence electrons. The number of rotatable bonds is 4. The summed E-state index contributed by atoms with van der Waals surface area (Å²) in [5.41, 5.74) is 0. The molecule has 0 saturated carbocycles. The van der Waals surface area contributed by atoms with E-state index >= 15 is 0 Å². The van der Waals surface area contributed by atoms with Crippen molar-refractivity contribution in [3.63, 3.8) is 0 Å². The highest BCUT2D eigenvalue weighted by molar-refractivity contribution is 6.70. The van der Waals surface area contributed by atoms with Gasteiger partial charge in [-0.3, -0.25) is 0 Å². The van der Waals surface area contributed by atoms with Gasteiger partial charge in [-0.15, -0.1) is 0 Å². The molecule has 0 amide bonds. The van der Waals surface area contributed by atoms with Crippen molar-refractivity contribution in [1.82, 2.24) is 5.32 Å². The van der Waals surface area contributed by atoms with E-state index in [1.807, 2.05) is 19.6 Å². The van der Waals surface area contributed by atoms with Crippen molar-refractivity contribution in [1.29, 1.82) is 0 Å². The molecule has 1 heterocycles. The van der Waals surface area contributed by atoms with Crippen molar-refractivity contribution < 1.29 is 22.0 Å². The Morgan fingerprint density at radius 1 is 1.10 bits per heavy atom. The van der Waals surface area contributed by atoms with Crippen molar-refractivity contribution in [2.75, 3.05) is 0 Å². The molecule has 1 aliphatic rings. The third kappa shape index (κ3) is 4.63. The van der Waals surface area contributed by atoms with E-state index in [-0.39, 0.29) is 5.88 Å². The zero-order chi connectivity index (χ0) is 15.8. The van der Waals surface area contributed by atoms with Crippen molar-refractivity contribution >= 4 is 22.8 Å². The minimum Gasteiger partial charge on any atom is -0.533 e. The number of alkyl halides is 3. The van der Waals surface area contributed by atoms with Crippen molar-refractivity contribution in [3.05, 3.63) is 12.0 Å². The normalized spacial score (nSPS) is 24.1. The van der Waals surface area contributed by atoms with Crippen LogP contribution in [-0.4, -0.2) is 34.9 Å². The van der Waals surface area contributed by atoms with Gasteiger partial charge in [0, 0.05) is 12.3 Å². The second-order valence-corrected chi connectivity index (χ2v) is 15.4. The summed E-state index contributed by atoms with van der Waals surface area (Å²) in [5, 5.41) is 2.28. The Hall–Kier alpha value is -0.806. The molecule has 0 aliphatic carbocycles. The van der Waals surface area contributed by atoms with Crippen LogP contribution in [0.2, 0.25) is 39.3 Å². The third-order valence-corrected chi connectivity index (χ3v) is 3.77. The van der Waals surface area contributed by atoms with Gasteiger partial charge in [-0.05, 0) is 39.3 Å². The van der Waals surface area contributed by atoms with Crippen LogP contribution in [-0.2, 0) is 8.85 Å². The summed E-state index contributed by atoms with van der Waals surface area (Å²) in [5.74, 6) is -2.70. The van der Waals surface area contributed by atoms with E-state index in [1.54, 1.807) is 19.6 Å². The SMILES string of the molecule is C[Si](C)(C)OC1=CC=NC(O[Si](C)(C)C)(C(F)(F)F)N1. The molecular weight excluding hydrogens is 305 g/mol. The van der Waals surface area contributed by atoms with E-state index in [0.717, 1.165) is 6.21 Å². The Balaban J connectivity index is 3.06. The highest BCUT2D eigenvalue weighted by Crippen LogP contribution is 2.37. The smallest absolute Gasteiger partial charge is 0.459 e. The average molecular weight is 326 g/mol. The first-order valence-corrected chi connectivity index (χ1v) is 13.1. The van der Waals surface area contributed by atoms with Gasteiger partial charge in [-0.2, -0.15) is 13.2 Å². The fraction of sp³-hybridized carbons (Fsp3) is 0.727. The van der Waals surface area contributed by atoms with E-state index in [0.29, 0.717) is 0 Å². The summed E-state index contributed by atoms with van der Waals surface area (Å²) in [6.07, 6.45) is -2.21. The van der Waals surface area contributed by atoms with Gasteiger partial charge in [-0.25, -0.2) is 4.99 Å². The zero-order valence-electron chi connectivity index (χ0n) is 12.6. The van der Waals surface area contributed by atoms with Gasteiger partial charge < -0.3 is 14.2 Å². The first-order valence-electron chi connectivity index (χ1n) is 6.24. The van der Waals surface area contributed by atoms with E-state index in [2.05, 4.69) is 10.3 Å². The lowest BCUT2D eigenvalue weighted by molar-refractivity contribution is -0.260. The number of nitrogens with zero attached hydrogens (tertiary/aromatic N) is 1. The summed E-state index contributed by atoms with van der Waals surface area (Å²) < 4.78 is 51.0. The minimum absolute atomic E-state index is 0.0507. The van der Waals surface area contributed by atoms with Crippen molar-refractivity contribution in [2.24, 2.45) is 4.99 Å². The lowest BCUT2D eigenvalue weighted by atomic mass is 10.3. The molecule has 1 atom stereocenters. The van der Waals surface area contributed by atoms with Crippen LogP contribution >= 0.6 is 0 Å². The van der Waals surface area contributed by atoms with Crippen molar-refractivity contribution in [3.8, 4) is 0 Å². The second kappa shape index (κ2) is 5.19. The topological polar surface area (TPSA) is 42.9 Å². The van der Waals surface area contributed by atoms with Gasteiger partial charge in [0.1, 0.15) is 0 Å². The first-order chi connectivity index (χ1) is 8.74. The van der Waals surface area contributed by atoms with Crippen LogP contribution in [0.25, 0.3) is 0 Å². The van der Waals surface area contributed by atoms with Gasteiger partial charge in [0.15, 0.2) is 14.2 Å².